The Morgan fingerprint density at radius 2 is 2.00 bits per heavy atom. The smallest absolute Gasteiger partial charge is 0.407 e. The summed E-state index contributed by atoms with van der Waals surface area (Å²) in [4.78, 5) is 68.1. The van der Waals surface area contributed by atoms with Crippen LogP contribution in [-0.4, -0.2) is 74.6 Å². The van der Waals surface area contributed by atoms with Crippen molar-refractivity contribution >= 4 is 34.8 Å². The van der Waals surface area contributed by atoms with Crippen LogP contribution in [0.5, 0.6) is 0 Å². The second kappa shape index (κ2) is 15.1. The molecule has 0 spiro atoms. The lowest BCUT2D eigenvalue weighted by Crippen LogP contribution is -2.44. The lowest BCUT2D eigenvalue weighted by Gasteiger charge is -2.21. The number of nitrogens with zero attached hydrogens (tertiary/aromatic N) is 5. The highest BCUT2D eigenvalue weighted by atomic mass is 16.5. The largest absolute Gasteiger partial charge is 0.453 e. The highest BCUT2D eigenvalue weighted by Crippen LogP contribution is 2.28. The van der Waals surface area contributed by atoms with Gasteiger partial charge in [-0.25, -0.2) is 19.7 Å². The maximum absolute atomic E-state index is 13.3. The molecule has 43 heavy (non-hydrogen) atoms. The van der Waals surface area contributed by atoms with Gasteiger partial charge < -0.3 is 29.8 Å². The van der Waals surface area contributed by atoms with E-state index >= 15 is 0 Å². The topological polar surface area (TPSA) is 164 Å². The monoisotopic (exact) mass is 592 g/mol. The SMILES string of the molecule is COC(=O)N[C@@H](CC/C=C/C(=O)N(C)C)C(=O)Nc1cccn(Cc2nc3ncnc(CCC4CCCCC4)c3[nH]2)c1=O. The maximum atomic E-state index is 13.3. The van der Waals surface area contributed by atoms with Crippen LogP contribution in [0, 0.1) is 5.92 Å². The molecule has 3 heterocycles. The Morgan fingerprint density at radius 1 is 1.21 bits per heavy atom. The van der Waals surface area contributed by atoms with Crippen molar-refractivity contribution in [3.63, 3.8) is 0 Å². The molecule has 3 amide bonds. The van der Waals surface area contributed by atoms with Gasteiger partial charge in [-0.05, 0) is 49.8 Å². The Balaban J connectivity index is 1.44. The van der Waals surface area contributed by atoms with E-state index in [-0.39, 0.29) is 24.6 Å². The van der Waals surface area contributed by atoms with E-state index in [1.54, 1.807) is 32.4 Å². The van der Waals surface area contributed by atoms with Gasteiger partial charge in [-0.15, -0.1) is 0 Å². The van der Waals surface area contributed by atoms with Gasteiger partial charge in [0.05, 0.1) is 19.3 Å². The van der Waals surface area contributed by atoms with Crippen LogP contribution in [0.15, 0.2) is 41.6 Å². The molecule has 0 saturated heterocycles. The number of ether oxygens (including phenoxy) is 1. The number of aryl methyl sites for hydroxylation is 1. The molecule has 0 aliphatic heterocycles. The number of aromatic nitrogens is 5. The highest BCUT2D eigenvalue weighted by Gasteiger charge is 2.22. The number of carbonyl (C=O) groups excluding carboxylic acids is 3. The Bertz CT molecular complexity index is 1510. The molecule has 13 nitrogen and oxygen atoms in total. The van der Waals surface area contributed by atoms with Crippen molar-refractivity contribution in [1.82, 2.24) is 34.7 Å². The average Bonchev–Trinajstić information content (AvgIpc) is 3.43. The summed E-state index contributed by atoms with van der Waals surface area (Å²) in [5.74, 6) is 0.487. The minimum Gasteiger partial charge on any atom is -0.453 e. The fraction of sp³-hybridized carbons (Fsp3) is 0.500. The van der Waals surface area contributed by atoms with Crippen LogP contribution in [0.25, 0.3) is 11.2 Å². The normalized spacial score (nSPS) is 14.5. The lowest BCUT2D eigenvalue weighted by atomic mass is 9.86. The standard InChI is InChI=1S/C30H40N8O5/c1-37(2)25(39)14-8-7-12-22(34-30(42)43-3)28(40)33-23-13-9-17-38(29(23)41)18-24-35-26-21(31-19-32-27(26)36-24)16-15-20-10-5-4-6-11-20/h8-9,13-14,17,19-20,22H,4-7,10-12,15-16,18H2,1-3H3,(H,33,40)(H,34,42)(H,31,32,35,36)/b14-8+/t22-/m0/s1. The minimum absolute atomic E-state index is 0.0477. The number of hydrogen-bond acceptors (Lipinski definition) is 8. The van der Waals surface area contributed by atoms with Crippen molar-refractivity contribution in [3.8, 4) is 0 Å². The van der Waals surface area contributed by atoms with Crippen LogP contribution in [0.2, 0.25) is 0 Å². The quantitative estimate of drug-likeness (QED) is 0.270. The predicted octanol–water partition coefficient (Wildman–Crippen LogP) is 3.16. The van der Waals surface area contributed by atoms with Gasteiger partial charge in [-0.2, -0.15) is 0 Å². The zero-order valence-corrected chi connectivity index (χ0v) is 25.0. The van der Waals surface area contributed by atoms with E-state index < -0.39 is 23.6 Å². The van der Waals surface area contributed by atoms with Crippen LogP contribution < -0.4 is 16.2 Å². The fourth-order valence-electron chi connectivity index (χ4n) is 5.21. The van der Waals surface area contributed by atoms with Crippen molar-refractivity contribution in [1.29, 1.82) is 0 Å². The summed E-state index contributed by atoms with van der Waals surface area (Å²) in [6.07, 6.45) is 14.3. The van der Waals surface area contributed by atoms with Crippen LogP contribution >= 0.6 is 0 Å². The van der Waals surface area contributed by atoms with E-state index in [2.05, 4.69) is 35.3 Å². The number of H-pyrrole nitrogens is 1. The van der Waals surface area contributed by atoms with Gasteiger partial charge in [-0.1, -0.05) is 38.2 Å². The van der Waals surface area contributed by atoms with Crippen molar-refractivity contribution in [2.75, 3.05) is 26.5 Å². The predicted molar refractivity (Wildman–Crippen MR) is 161 cm³/mol. The van der Waals surface area contributed by atoms with Gasteiger partial charge in [0.25, 0.3) is 5.56 Å². The third kappa shape index (κ3) is 8.72. The zero-order chi connectivity index (χ0) is 30.8. The van der Waals surface area contributed by atoms with Crippen LogP contribution in [0.3, 0.4) is 0 Å². The summed E-state index contributed by atoms with van der Waals surface area (Å²) >= 11 is 0. The van der Waals surface area contributed by atoms with Gasteiger partial charge in [0, 0.05) is 20.3 Å². The molecule has 4 rings (SSSR count). The molecule has 1 fully saturated rings. The number of imidazole rings is 1. The van der Waals surface area contributed by atoms with E-state index in [1.807, 2.05) is 0 Å². The molecule has 0 unspecified atom stereocenters. The number of rotatable bonds is 12. The summed E-state index contributed by atoms with van der Waals surface area (Å²) in [6, 6.07) is 2.14. The highest BCUT2D eigenvalue weighted by molar-refractivity contribution is 5.96. The number of allylic oxidation sites excluding steroid dienone is 1. The van der Waals surface area contributed by atoms with Crippen molar-refractivity contribution < 1.29 is 19.1 Å². The number of likely N-dealkylation sites (N-methyl/N-ethyl adjacent to an activating group) is 1. The molecular weight excluding hydrogens is 552 g/mol. The average molecular weight is 593 g/mol. The first-order chi connectivity index (χ1) is 20.7. The molecule has 1 aliphatic carbocycles. The molecule has 1 atom stereocenters. The summed E-state index contributed by atoms with van der Waals surface area (Å²) < 4.78 is 6.08. The van der Waals surface area contributed by atoms with E-state index in [9.17, 15) is 19.2 Å². The third-order valence-electron chi connectivity index (χ3n) is 7.65. The van der Waals surface area contributed by atoms with Gasteiger partial charge in [0.2, 0.25) is 11.8 Å². The van der Waals surface area contributed by atoms with Gasteiger partial charge in [0.15, 0.2) is 5.65 Å². The van der Waals surface area contributed by atoms with E-state index in [1.165, 1.54) is 67.2 Å². The van der Waals surface area contributed by atoms with Crippen LogP contribution in [0.4, 0.5) is 10.5 Å². The number of hydrogen-bond donors (Lipinski definition) is 3. The van der Waals surface area contributed by atoms with Gasteiger partial charge >= 0.3 is 6.09 Å². The first kappa shape index (κ1) is 31.4. The number of anilines is 1. The number of amides is 3. The number of pyridine rings is 1. The first-order valence-corrected chi connectivity index (χ1v) is 14.7. The van der Waals surface area contributed by atoms with Crippen molar-refractivity contribution in [2.24, 2.45) is 5.92 Å². The molecule has 3 N–H and O–H groups in total. The maximum Gasteiger partial charge on any atom is 0.407 e. The molecule has 0 bridgehead atoms. The van der Waals surface area contributed by atoms with Crippen molar-refractivity contribution in [2.45, 2.75) is 70.4 Å². The van der Waals surface area contributed by atoms with Crippen molar-refractivity contribution in [3.05, 3.63) is 58.7 Å². The molecule has 3 aromatic rings. The zero-order valence-electron chi connectivity index (χ0n) is 25.0. The van der Waals surface area contributed by atoms with Gasteiger partial charge in [0.1, 0.15) is 29.4 Å². The lowest BCUT2D eigenvalue weighted by molar-refractivity contribution is -0.123. The van der Waals surface area contributed by atoms with Gasteiger partial charge in [-0.3, -0.25) is 14.4 Å². The molecule has 13 heteroatoms. The first-order valence-electron chi connectivity index (χ1n) is 14.7. The number of fused-ring (bicyclic) bond motifs is 1. The second-order valence-electron chi connectivity index (χ2n) is 11.0. The second-order valence-corrected chi connectivity index (χ2v) is 11.0. The number of aromatic amines is 1. The summed E-state index contributed by atoms with van der Waals surface area (Å²) in [5, 5.41) is 5.11. The number of carbonyl (C=O) groups is 3. The molecule has 1 saturated carbocycles. The van der Waals surface area contributed by atoms with E-state index in [0.717, 1.165) is 30.0 Å². The summed E-state index contributed by atoms with van der Waals surface area (Å²) in [7, 11) is 4.46. The van der Waals surface area contributed by atoms with Crippen LogP contribution in [-0.2, 0) is 27.3 Å². The molecule has 230 valence electrons. The molecule has 0 aromatic carbocycles. The van der Waals surface area contributed by atoms with E-state index in [4.69, 9.17) is 0 Å². The Labute approximate surface area is 250 Å². The fourth-order valence-corrected chi connectivity index (χ4v) is 5.21. The number of methoxy groups -OCH3 is 1. The molecule has 1 aliphatic rings. The Morgan fingerprint density at radius 3 is 2.74 bits per heavy atom. The van der Waals surface area contributed by atoms with Crippen LogP contribution in [0.1, 0.15) is 62.9 Å². The number of nitrogens with one attached hydrogen (secondary N) is 3. The summed E-state index contributed by atoms with van der Waals surface area (Å²) in [6.45, 7) is 0.134. The Hall–Kier alpha value is -4.55. The molecule has 3 aromatic heterocycles. The third-order valence-corrected chi connectivity index (χ3v) is 7.65. The molecule has 0 radical (unpaired) electrons. The summed E-state index contributed by atoms with van der Waals surface area (Å²) in [5.41, 5.74) is 1.87. The van der Waals surface area contributed by atoms with E-state index in [0.29, 0.717) is 17.9 Å². The Kier molecular flexibility index (Phi) is 11.0. The minimum atomic E-state index is -0.999. The molecular formula is C30H40N8O5. The number of alkyl carbamates (subject to hydrolysis) is 1.